The Labute approximate surface area is 101 Å². The number of rotatable bonds is 4. The van der Waals surface area contributed by atoms with E-state index >= 15 is 0 Å². The van der Waals surface area contributed by atoms with Gasteiger partial charge >= 0.3 is 0 Å². The molecule has 1 unspecified atom stereocenters. The van der Waals surface area contributed by atoms with Crippen LogP contribution in [-0.2, 0) is 6.54 Å². The van der Waals surface area contributed by atoms with Crippen LogP contribution in [0.4, 0.5) is 0 Å². The molecule has 3 nitrogen and oxygen atoms in total. The van der Waals surface area contributed by atoms with Crippen molar-refractivity contribution < 1.29 is 4.42 Å². The van der Waals surface area contributed by atoms with Crippen LogP contribution in [0.15, 0.2) is 16.7 Å². The second-order valence-electron chi connectivity index (χ2n) is 4.59. The lowest BCUT2D eigenvalue weighted by atomic mass is 9.96. The van der Waals surface area contributed by atoms with E-state index in [0.717, 1.165) is 24.6 Å². The molecule has 0 bridgehead atoms. The molecule has 0 spiro atoms. The summed E-state index contributed by atoms with van der Waals surface area (Å²) in [6.45, 7) is 3.69. The number of thioether (sulfide) groups is 1. The SMILES string of the molecule is Cc1occc1CN(C)C1(CN)CCSC1. The quantitative estimate of drug-likeness (QED) is 0.872. The molecule has 1 saturated heterocycles. The fraction of sp³-hybridized carbons (Fsp3) is 0.667. The summed E-state index contributed by atoms with van der Waals surface area (Å²) < 4.78 is 5.33. The van der Waals surface area contributed by atoms with E-state index in [4.69, 9.17) is 10.2 Å². The lowest BCUT2D eigenvalue weighted by Crippen LogP contribution is -2.51. The Balaban J connectivity index is 2.07. The number of nitrogens with zero attached hydrogens (tertiary/aromatic N) is 1. The molecular weight excluding hydrogens is 220 g/mol. The van der Waals surface area contributed by atoms with Gasteiger partial charge in [-0.1, -0.05) is 0 Å². The molecule has 1 aliphatic heterocycles. The van der Waals surface area contributed by atoms with E-state index in [1.807, 2.05) is 18.7 Å². The maximum absolute atomic E-state index is 5.96. The number of furan rings is 1. The van der Waals surface area contributed by atoms with Crippen LogP contribution in [0.25, 0.3) is 0 Å². The van der Waals surface area contributed by atoms with E-state index in [2.05, 4.69) is 18.0 Å². The van der Waals surface area contributed by atoms with Crippen molar-refractivity contribution in [3.63, 3.8) is 0 Å². The zero-order chi connectivity index (χ0) is 11.6. The number of likely N-dealkylation sites (N-methyl/N-ethyl adjacent to an activating group) is 1. The number of aryl methyl sites for hydroxylation is 1. The standard InChI is InChI=1S/C12H20N2OS/c1-10-11(3-5-15-10)7-14(2)12(8-13)4-6-16-9-12/h3,5H,4,6-9,13H2,1-2H3. The van der Waals surface area contributed by atoms with Gasteiger partial charge in [-0.05, 0) is 32.2 Å². The Kier molecular flexibility index (Phi) is 3.62. The van der Waals surface area contributed by atoms with Crippen LogP contribution >= 0.6 is 11.8 Å². The summed E-state index contributed by atoms with van der Waals surface area (Å²) in [4.78, 5) is 2.39. The fourth-order valence-electron chi connectivity index (χ4n) is 2.21. The fourth-order valence-corrected chi connectivity index (χ4v) is 3.74. The maximum Gasteiger partial charge on any atom is 0.105 e. The van der Waals surface area contributed by atoms with Crippen LogP contribution in [0.1, 0.15) is 17.7 Å². The van der Waals surface area contributed by atoms with Gasteiger partial charge in [0.2, 0.25) is 0 Å². The summed E-state index contributed by atoms with van der Waals surface area (Å²) in [5.41, 5.74) is 7.42. The molecule has 0 radical (unpaired) electrons. The highest BCUT2D eigenvalue weighted by Crippen LogP contribution is 2.33. The molecule has 0 aliphatic carbocycles. The summed E-state index contributed by atoms with van der Waals surface area (Å²) >= 11 is 2.01. The normalized spacial score (nSPS) is 25.5. The number of hydrogen-bond donors (Lipinski definition) is 1. The van der Waals surface area contributed by atoms with Crippen molar-refractivity contribution in [3.05, 3.63) is 23.7 Å². The molecule has 16 heavy (non-hydrogen) atoms. The molecule has 2 heterocycles. The third-order valence-corrected chi connectivity index (χ3v) is 4.88. The van der Waals surface area contributed by atoms with Crippen molar-refractivity contribution in [2.75, 3.05) is 25.1 Å². The predicted molar refractivity (Wildman–Crippen MR) is 68.6 cm³/mol. The van der Waals surface area contributed by atoms with Crippen molar-refractivity contribution in [1.29, 1.82) is 0 Å². The Morgan fingerprint density at radius 1 is 1.62 bits per heavy atom. The molecule has 1 fully saturated rings. The second kappa shape index (κ2) is 4.82. The molecule has 0 saturated carbocycles. The van der Waals surface area contributed by atoms with Gasteiger partial charge in [0.15, 0.2) is 0 Å². The van der Waals surface area contributed by atoms with E-state index in [9.17, 15) is 0 Å². The van der Waals surface area contributed by atoms with Crippen LogP contribution in [0.5, 0.6) is 0 Å². The van der Waals surface area contributed by atoms with Crippen LogP contribution < -0.4 is 5.73 Å². The molecular formula is C12H20N2OS. The zero-order valence-electron chi connectivity index (χ0n) is 10.0. The summed E-state index contributed by atoms with van der Waals surface area (Å²) in [5.74, 6) is 3.40. The Morgan fingerprint density at radius 2 is 2.44 bits per heavy atom. The predicted octanol–water partition coefficient (Wildman–Crippen LogP) is 1.85. The smallest absolute Gasteiger partial charge is 0.105 e. The van der Waals surface area contributed by atoms with Crippen molar-refractivity contribution in [1.82, 2.24) is 4.90 Å². The first-order valence-electron chi connectivity index (χ1n) is 5.70. The van der Waals surface area contributed by atoms with E-state index in [1.165, 1.54) is 17.7 Å². The van der Waals surface area contributed by atoms with Gasteiger partial charge in [-0.25, -0.2) is 0 Å². The van der Waals surface area contributed by atoms with Gasteiger partial charge in [-0.2, -0.15) is 11.8 Å². The molecule has 1 atom stereocenters. The van der Waals surface area contributed by atoms with Gasteiger partial charge in [0.25, 0.3) is 0 Å². The molecule has 2 rings (SSSR count). The second-order valence-corrected chi connectivity index (χ2v) is 5.69. The molecule has 1 aromatic heterocycles. The minimum atomic E-state index is 0.189. The highest BCUT2D eigenvalue weighted by atomic mass is 32.2. The Bertz CT molecular complexity index is 345. The molecule has 1 aromatic rings. The molecule has 4 heteroatoms. The van der Waals surface area contributed by atoms with Gasteiger partial charge in [-0.15, -0.1) is 0 Å². The van der Waals surface area contributed by atoms with Crippen LogP contribution in [0.2, 0.25) is 0 Å². The molecule has 2 N–H and O–H groups in total. The summed E-state index contributed by atoms with van der Waals surface area (Å²) in [5, 5.41) is 0. The maximum atomic E-state index is 5.96. The van der Waals surface area contributed by atoms with Crippen LogP contribution in [-0.4, -0.2) is 35.5 Å². The molecule has 0 aromatic carbocycles. The van der Waals surface area contributed by atoms with Gasteiger partial charge in [0.05, 0.1) is 6.26 Å². The van der Waals surface area contributed by atoms with Crippen molar-refractivity contribution in [2.45, 2.75) is 25.4 Å². The van der Waals surface area contributed by atoms with Crippen molar-refractivity contribution >= 4 is 11.8 Å². The number of nitrogens with two attached hydrogens (primary N) is 1. The van der Waals surface area contributed by atoms with Gasteiger partial charge in [-0.3, -0.25) is 4.90 Å². The summed E-state index contributed by atoms with van der Waals surface area (Å²) in [7, 11) is 2.17. The minimum absolute atomic E-state index is 0.189. The zero-order valence-corrected chi connectivity index (χ0v) is 10.8. The van der Waals surface area contributed by atoms with Crippen molar-refractivity contribution in [2.24, 2.45) is 5.73 Å². The first-order valence-corrected chi connectivity index (χ1v) is 6.85. The third kappa shape index (κ3) is 2.14. The van der Waals surface area contributed by atoms with Gasteiger partial charge < -0.3 is 10.2 Å². The lowest BCUT2D eigenvalue weighted by Gasteiger charge is -2.37. The first kappa shape index (κ1) is 12.0. The van der Waals surface area contributed by atoms with E-state index in [1.54, 1.807) is 6.26 Å². The van der Waals surface area contributed by atoms with Gasteiger partial charge in [0.1, 0.15) is 5.76 Å². The lowest BCUT2D eigenvalue weighted by molar-refractivity contribution is 0.143. The first-order chi connectivity index (χ1) is 7.68. The largest absolute Gasteiger partial charge is 0.469 e. The minimum Gasteiger partial charge on any atom is -0.469 e. The Hall–Kier alpha value is -0.450. The monoisotopic (exact) mass is 240 g/mol. The Morgan fingerprint density at radius 3 is 2.94 bits per heavy atom. The summed E-state index contributed by atoms with van der Waals surface area (Å²) in [6.07, 6.45) is 2.96. The third-order valence-electron chi connectivity index (χ3n) is 3.65. The van der Waals surface area contributed by atoms with Crippen LogP contribution in [0, 0.1) is 6.92 Å². The van der Waals surface area contributed by atoms with Crippen LogP contribution in [0.3, 0.4) is 0 Å². The van der Waals surface area contributed by atoms with E-state index in [0.29, 0.717) is 0 Å². The molecule has 0 amide bonds. The average molecular weight is 240 g/mol. The molecule has 1 aliphatic rings. The van der Waals surface area contributed by atoms with Gasteiger partial charge in [0, 0.05) is 29.9 Å². The highest BCUT2D eigenvalue weighted by Gasteiger charge is 2.37. The van der Waals surface area contributed by atoms with E-state index < -0.39 is 0 Å². The highest BCUT2D eigenvalue weighted by molar-refractivity contribution is 7.99. The topological polar surface area (TPSA) is 42.4 Å². The molecule has 90 valence electrons. The average Bonchev–Trinajstić information content (AvgIpc) is 2.89. The number of hydrogen-bond acceptors (Lipinski definition) is 4. The van der Waals surface area contributed by atoms with E-state index in [-0.39, 0.29) is 5.54 Å². The van der Waals surface area contributed by atoms with Crippen molar-refractivity contribution in [3.8, 4) is 0 Å². The summed E-state index contributed by atoms with van der Waals surface area (Å²) in [6, 6.07) is 2.05.